The molecule has 0 aliphatic carbocycles. The van der Waals surface area contributed by atoms with E-state index in [-0.39, 0.29) is 23.8 Å². The van der Waals surface area contributed by atoms with Gasteiger partial charge in [0.15, 0.2) is 0 Å². The summed E-state index contributed by atoms with van der Waals surface area (Å²) in [6, 6.07) is 3.05. The SMILES string of the molecule is Cc1ccc(C(=O)NC(CC(=O)O)CC(C)(C)C)cn1. The van der Waals surface area contributed by atoms with Crippen LogP contribution in [0.1, 0.15) is 49.7 Å². The Kier molecular flexibility index (Phi) is 5.25. The number of carboxylic acid groups (broad SMARTS) is 1. The van der Waals surface area contributed by atoms with Gasteiger partial charge in [-0.15, -0.1) is 0 Å². The van der Waals surface area contributed by atoms with Gasteiger partial charge >= 0.3 is 5.97 Å². The average molecular weight is 278 g/mol. The molecule has 0 fully saturated rings. The first-order chi connectivity index (χ1) is 9.17. The lowest BCUT2D eigenvalue weighted by molar-refractivity contribution is -0.137. The number of hydrogen-bond donors (Lipinski definition) is 2. The number of amides is 1. The van der Waals surface area contributed by atoms with Crippen LogP contribution in [-0.4, -0.2) is 28.0 Å². The van der Waals surface area contributed by atoms with Crippen LogP contribution in [0.15, 0.2) is 18.3 Å². The molecule has 5 nitrogen and oxygen atoms in total. The highest BCUT2D eigenvalue weighted by molar-refractivity contribution is 5.94. The highest BCUT2D eigenvalue weighted by Gasteiger charge is 2.23. The minimum Gasteiger partial charge on any atom is -0.481 e. The first-order valence-corrected chi connectivity index (χ1v) is 6.63. The molecule has 0 aromatic carbocycles. The van der Waals surface area contributed by atoms with E-state index < -0.39 is 5.97 Å². The molecule has 1 heterocycles. The summed E-state index contributed by atoms with van der Waals surface area (Å²) in [4.78, 5) is 27.1. The topological polar surface area (TPSA) is 79.3 Å². The molecule has 0 saturated carbocycles. The van der Waals surface area contributed by atoms with Crippen molar-refractivity contribution in [1.82, 2.24) is 10.3 Å². The van der Waals surface area contributed by atoms with Crippen LogP contribution in [0.25, 0.3) is 0 Å². The van der Waals surface area contributed by atoms with E-state index in [1.165, 1.54) is 6.20 Å². The largest absolute Gasteiger partial charge is 0.481 e. The first kappa shape index (κ1) is 16.1. The third-order valence-electron chi connectivity index (χ3n) is 2.79. The maximum absolute atomic E-state index is 12.1. The van der Waals surface area contributed by atoms with Gasteiger partial charge in [0.2, 0.25) is 0 Å². The van der Waals surface area contributed by atoms with Crippen molar-refractivity contribution in [2.45, 2.75) is 46.6 Å². The predicted molar refractivity (Wildman–Crippen MR) is 76.6 cm³/mol. The van der Waals surface area contributed by atoms with Gasteiger partial charge in [-0.3, -0.25) is 14.6 Å². The lowest BCUT2D eigenvalue weighted by atomic mass is 9.87. The fourth-order valence-corrected chi connectivity index (χ4v) is 2.00. The van der Waals surface area contributed by atoms with Gasteiger partial charge in [-0.05, 0) is 30.9 Å². The molecule has 5 heteroatoms. The van der Waals surface area contributed by atoms with E-state index in [1.807, 2.05) is 27.7 Å². The zero-order chi connectivity index (χ0) is 15.3. The van der Waals surface area contributed by atoms with Crippen molar-refractivity contribution in [2.24, 2.45) is 5.41 Å². The fraction of sp³-hybridized carbons (Fsp3) is 0.533. The average Bonchev–Trinajstić information content (AvgIpc) is 2.26. The Bertz CT molecular complexity index is 475. The molecular formula is C15H22N2O3. The summed E-state index contributed by atoms with van der Waals surface area (Å²) in [7, 11) is 0. The van der Waals surface area contributed by atoms with E-state index in [0.717, 1.165) is 5.69 Å². The molecule has 0 spiro atoms. The molecule has 1 atom stereocenters. The number of nitrogens with one attached hydrogen (secondary N) is 1. The molecule has 110 valence electrons. The second-order valence-corrected chi connectivity index (χ2v) is 6.22. The van der Waals surface area contributed by atoms with Crippen molar-refractivity contribution in [3.63, 3.8) is 0 Å². The van der Waals surface area contributed by atoms with Crippen molar-refractivity contribution in [3.05, 3.63) is 29.6 Å². The van der Waals surface area contributed by atoms with Gasteiger partial charge in [-0.25, -0.2) is 0 Å². The predicted octanol–water partition coefficient (Wildman–Crippen LogP) is 2.40. The Hall–Kier alpha value is -1.91. The molecule has 0 saturated heterocycles. The van der Waals surface area contributed by atoms with E-state index >= 15 is 0 Å². The highest BCUT2D eigenvalue weighted by Crippen LogP contribution is 2.22. The van der Waals surface area contributed by atoms with Gasteiger partial charge in [0.25, 0.3) is 5.91 Å². The highest BCUT2D eigenvalue weighted by atomic mass is 16.4. The Morgan fingerprint density at radius 1 is 1.35 bits per heavy atom. The summed E-state index contributed by atoms with van der Waals surface area (Å²) in [5, 5.41) is 11.7. The van der Waals surface area contributed by atoms with Gasteiger partial charge in [-0.2, -0.15) is 0 Å². The number of hydrogen-bond acceptors (Lipinski definition) is 3. The Morgan fingerprint density at radius 3 is 2.45 bits per heavy atom. The molecule has 2 N–H and O–H groups in total. The van der Waals surface area contributed by atoms with E-state index in [4.69, 9.17) is 5.11 Å². The summed E-state index contributed by atoms with van der Waals surface area (Å²) >= 11 is 0. The molecule has 1 unspecified atom stereocenters. The Labute approximate surface area is 119 Å². The van der Waals surface area contributed by atoms with Crippen LogP contribution in [-0.2, 0) is 4.79 Å². The summed E-state index contributed by atoms with van der Waals surface area (Å²) in [5.74, 6) is -1.20. The molecule has 0 radical (unpaired) electrons. The van der Waals surface area contributed by atoms with Crippen LogP contribution in [0.3, 0.4) is 0 Å². The Balaban J connectivity index is 2.75. The standard InChI is InChI=1S/C15H22N2O3/c1-10-5-6-11(9-16-10)14(20)17-12(7-13(18)19)8-15(2,3)4/h5-6,9,12H,7-8H2,1-4H3,(H,17,20)(H,18,19). The molecule has 0 bridgehead atoms. The zero-order valence-electron chi connectivity index (χ0n) is 12.4. The van der Waals surface area contributed by atoms with Gasteiger partial charge in [-0.1, -0.05) is 20.8 Å². The van der Waals surface area contributed by atoms with Crippen LogP contribution in [0, 0.1) is 12.3 Å². The number of carboxylic acids is 1. The Morgan fingerprint density at radius 2 is 2.00 bits per heavy atom. The third-order valence-corrected chi connectivity index (χ3v) is 2.79. The number of aromatic nitrogens is 1. The molecule has 1 aromatic heterocycles. The van der Waals surface area contributed by atoms with Crippen LogP contribution in [0.2, 0.25) is 0 Å². The summed E-state index contributed by atoms with van der Waals surface area (Å²) in [6.07, 6.45) is 2.02. The van der Waals surface area contributed by atoms with E-state index in [0.29, 0.717) is 12.0 Å². The van der Waals surface area contributed by atoms with Crippen LogP contribution >= 0.6 is 0 Å². The normalized spacial score (nSPS) is 12.8. The number of aryl methyl sites for hydroxylation is 1. The van der Waals surface area contributed by atoms with E-state index in [9.17, 15) is 9.59 Å². The monoisotopic (exact) mass is 278 g/mol. The zero-order valence-corrected chi connectivity index (χ0v) is 12.4. The van der Waals surface area contributed by atoms with Crippen molar-refractivity contribution < 1.29 is 14.7 Å². The molecular weight excluding hydrogens is 256 g/mol. The van der Waals surface area contributed by atoms with Crippen LogP contribution in [0.5, 0.6) is 0 Å². The number of nitrogens with zero attached hydrogens (tertiary/aromatic N) is 1. The number of rotatable bonds is 5. The van der Waals surface area contributed by atoms with Gasteiger partial charge in [0.05, 0.1) is 12.0 Å². The number of aliphatic carboxylic acids is 1. The minimum atomic E-state index is -0.915. The van der Waals surface area contributed by atoms with Crippen molar-refractivity contribution in [1.29, 1.82) is 0 Å². The summed E-state index contributed by atoms with van der Waals surface area (Å²) in [5.41, 5.74) is 1.22. The number of carbonyl (C=O) groups excluding carboxylic acids is 1. The van der Waals surface area contributed by atoms with E-state index in [2.05, 4.69) is 10.3 Å². The lowest BCUT2D eigenvalue weighted by Gasteiger charge is -2.25. The van der Waals surface area contributed by atoms with Gasteiger partial charge < -0.3 is 10.4 Å². The van der Waals surface area contributed by atoms with Crippen molar-refractivity contribution >= 4 is 11.9 Å². The van der Waals surface area contributed by atoms with Crippen molar-refractivity contribution in [3.8, 4) is 0 Å². The molecule has 0 aliphatic heterocycles. The second-order valence-electron chi connectivity index (χ2n) is 6.22. The van der Waals surface area contributed by atoms with E-state index in [1.54, 1.807) is 12.1 Å². The molecule has 1 aromatic rings. The summed E-state index contributed by atoms with van der Waals surface area (Å²) < 4.78 is 0. The number of pyridine rings is 1. The van der Waals surface area contributed by atoms with Crippen molar-refractivity contribution in [2.75, 3.05) is 0 Å². The second kappa shape index (κ2) is 6.50. The fourth-order valence-electron chi connectivity index (χ4n) is 2.00. The smallest absolute Gasteiger partial charge is 0.305 e. The summed E-state index contributed by atoms with van der Waals surface area (Å²) in [6.45, 7) is 7.89. The quantitative estimate of drug-likeness (QED) is 0.866. The maximum atomic E-state index is 12.1. The molecule has 1 rings (SSSR count). The molecule has 20 heavy (non-hydrogen) atoms. The van der Waals surface area contributed by atoms with Crippen LogP contribution in [0.4, 0.5) is 0 Å². The van der Waals surface area contributed by atoms with Gasteiger partial charge in [0.1, 0.15) is 0 Å². The third kappa shape index (κ3) is 5.82. The minimum absolute atomic E-state index is 0.0566. The molecule has 0 aliphatic rings. The lowest BCUT2D eigenvalue weighted by Crippen LogP contribution is -2.39. The number of carbonyl (C=O) groups is 2. The van der Waals surface area contributed by atoms with Gasteiger partial charge in [0, 0.05) is 17.9 Å². The molecule has 1 amide bonds. The van der Waals surface area contributed by atoms with Crippen LogP contribution < -0.4 is 5.32 Å². The first-order valence-electron chi connectivity index (χ1n) is 6.63. The maximum Gasteiger partial charge on any atom is 0.305 e.